The van der Waals surface area contributed by atoms with Crippen molar-refractivity contribution in [2.75, 3.05) is 19.8 Å². The maximum Gasteiger partial charge on any atom is 0.171 e. The summed E-state index contributed by atoms with van der Waals surface area (Å²) in [4.78, 5) is 12.7. The molecule has 0 radical (unpaired) electrons. The Morgan fingerprint density at radius 2 is 2.41 bits per heavy atom. The number of nitrogens with zero attached hydrogens (tertiary/aromatic N) is 4. The lowest BCUT2D eigenvalue weighted by molar-refractivity contribution is 0.111. The van der Waals surface area contributed by atoms with Crippen molar-refractivity contribution in [3.8, 4) is 0 Å². The molecule has 17 heavy (non-hydrogen) atoms. The molecule has 0 unspecified atom stereocenters. The van der Waals surface area contributed by atoms with Crippen molar-refractivity contribution in [3.05, 3.63) is 11.9 Å². The van der Waals surface area contributed by atoms with Crippen LogP contribution in [0.5, 0.6) is 0 Å². The van der Waals surface area contributed by atoms with Crippen LogP contribution in [-0.4, -0.2) is 52.0 Å². The zero-order valence-electron chi connectivity index (χ0n) is 9.76. The molecule has 0 N–H and O–H groups in total. The molecule has 0 aromatic carbocycles. The van der Waals surface area contributed by atoms with Crippen LogP contribution in [0.1, 0.15) is 29.8 Å². The van der Waals surface area contributed by atoms with Crippen LogP contribution in [-0.2, 0) is 6.54 Å². The zero-order valence-corrected chi connectivity index (χ0v) is 9.76. The summed E-state index contributed by atoms with van der Waals surface area (Å²) in [7, 11) is 0. The van der Waals surface area contributed by atoms with E-state index in [0.29, 0.717) is 31.1 Å². The molecule has 0 aliphatic carbocycles. The van der Waals surface area contributed by atoms with Crippen LogP contribution < -0.4 is 0 Å². The molecule has 1 aliphatic heterocycles. The third-order valence-electron chi connectivity index (χ3n) is 3.20. The Morgan fingerprint density at radius 1 is 1.53 bits per heavy atom. The SMILES string of the molecule is O=Cc1cn(C[C@@H]2CCCCN2CCF)nn1. The van der Waals surface area contributed by atoms with Crippen molar-refractivity contribution in [2.45, 2.75) is 31.8 Å². The van der Waals surface area contributed by atoms with Gasteiger partial charge in [-0.3, -0.25) is 14.4 Å². The minimum Gasteiger partial charge on any atom is -0.296 e. The first-order valence-corrected chi connectivity index (χ1v) is 5.99. The van der Waals surface area contributed by atoms with E-state index in [1.165, 1.54) is 6.42 Å². The van der Waals surface area contributed by atoms with Gasteiger partial charge in [0.1, 0.15) is 12.4 Å². The average Bonchev–Trinajstić information content (AvgIpc) is 2.80. The first-order chi connectivity index (χ1) is 8.33. The third kappa shape index (κ3) is 3.09. The maximum atomic E-state index is 12.4. The second-order valence-corrected chi connectivity index (χ2v) is 4.36. The summed E-state index contributed by atoms with van der Waals surface area (Å²) < 4.78 is 14.1. The Balaban J connectivity index is 1.97. The molecule has 0 amide bonds. The summed E-state index contributed by atoms with van der Waals surface area (Å²) in [6.45, 7) is 1.80. The van der Waals surface area contributed by atoms with E-state index in [-0.39, 0.29) is 6.67 Å². The van der Waals surface area contributed by atoms with Crippen molar-refractivity contribution < 1.29 is 9.18 Å². The van der Waals surface area contributed by atoms with E-state index in [2.05, 4.69) is 15.2 Å². The number of halogens is 1. The zero-order chi connectivity index (χ0) is 12.1. The van der Waals surface area contributed by atoms with Gasteiger partial charge < -0.3 is 0 Å². The third-order valence-corrected chi connectivity index (χ3v) is 3.20. The molecule has 0 saturated carbocycles. The van der Waals surface area contributed by atoms with Gasteiger partial charge in [-0.15, -0.1) is 5.10 Å². The molecule has 6 heteroatoms. The van der Waals surface area contributed by atoms with Crippen LogP contribution in [0.2, 0.25) is 0 Å². The lowest BCUT2D eigenvalue weighted by Gasteiger charge is -2.34. The fraction of sp³-hybridized carbons (Fsp3) is 0.727. The van der Waals surface area contributed by atoms with E-state index < -0.39 is 0 Å². The molecule has 0 spiro atoms. The minimum atomic E-state index is -0.312. The Kier molecular flexibility index (Phi) is 4.19. The lowest BCUT2D eigenvalue weighted by Crippen LogP contribution is -2.43. The maximum absolute atomic E-state index is 12.4. The minimum absolute atomic E-state index is 0.306. The number of aldehydes is 1. The summed E-state index contributed by atoms with van der Waals surface area (Å²) >= 11 is 0. The van der Waals surface area contributed by atoms with Crippen LogP contribution in [0.4, 0.5) is 4.39 Å². The van der Waals surface area contributed by atoms with Gasteiger partial charge >= 0.3 is 0 Å². The first kappa shape index (κ1) is 12.2. The summed E-state index contributed by atoms with van der Waals surface area (Å²) in [6.07, 6.45) is 5.67. The molecule has 94 valence electrons. The Bertz CT molecular complexity index is 366. The fourth-order valence-corrected chi connectivity index (χ4v) is 2.34. The van der Waals surface area contributed by atoms with Crippen LogP contribution in [0.3, 0.4) is 0 Å². The highest BCUT2D eigenvalue weighted by Gasteiger charge is 2.22. The number of piperidine rings is 1. The molecule has 2 heterocycles. The van der Waals surface area contributed by atoms with Crippen molar-refractivity contribution in [1.29, 1.82) is 0 Å². The summed E-state index contributed by atoms with van der Waals surface area (Å²) in [5.41, 5.74) is 0.345. The Hall–Kier alpha value is -1.30. The number of alkyl halides is 1. The van der Waals surface area contributed by atoms with E-state index in [9.17, 15) is 9.18 Å². The number of hydrogen-bond donors (Lipinski definition) is 0. The topological polar surface area (TPSA) is 51.0 Å². The van der Waals surface area contributed by atoms with Gasteiger partial charge in [-0.1, -0.05) is 11.6 Å². The Morgan fingerprint density at radius 3 is 3.12 bits per heavy atom. The summed E-state index contributed by atoms with van der Waals surface area (Å²) in [6, 6.07) is 0.306. The van der Waals surface area contributed by atoms with Gasteiger partial charge in [-0.2, -0.15) is 0 Å². The molecule has 1 aromatic rings. The highest BCUT2D eigenvalue weighted by molar-refractivity contribution is 5.70. The quantitative estimate of drug-likeness (QED) is 0.718. The molecule has 1 saturated heterocycles. The number of aromatic nitrogens is 3. The van der Waals surface area contributed by atoms with Crippen LogP contribution in [0, 0.1) is 0 Å². The first-order valence-electron chi connectivity index (χ1n) is 5.99. The predicted molar refractivity (Wildman–Crippen MR) is 60.6 cm³/mol. The number of rotatable bonds is 5. The smallest absolute Gasteiger partial charge is 0.171 e. The van der Waals surface area contributed by atoms with Gasteiger partial charge in [0.25, 0.3) is 0 Å². The van der Waals surface area contributed by atoms with E-state index >= 15 is 0 Å². The van der Waals surface area contributed by atoms with Crippen molar-refractivity contribution in [1.82, 2.24) is 19.9 Å². The summed E-state index contributed by atoms with van der Waals surface area (Å²) in [5, 5.41) is 7.61. The molecule has 1 aliphatic rings. The fourth-order valence-electron chi connectivity index (χ4n) is 2.34. The molecule has 1 aromatic heterocycles. The van der Waals surface area contributed by atoms with E-state index in [1.54, 1.807) is 10.9 Å². The van der Waals surface area contributed by atoms with Crippen LogP contribution in [0.25, 0.3) is 0 Å². The van der Waals surface area contributed by atoms with Gasteiger partial charge in [0, 0.05) is 12.6 Å². The highest BCUT2D eigenvalue weighted by Crippen LogP contribution is 2.17. The predicted octanol–water partition coefficient (Wildman–Crippen LogP) is 0.915. The second kappa shape index (κ2) is 5.86. The van der Waals surface area contributed by atoms with Crippen molar-refractivity contribution in [3.63, 3.8) is 0 Å². The van der Waals surface area contributed by atoms with Crippen LogP contribution in [0.15, 0.2) is 6.20 Å². The largest absolute Gasteiger partial charge is 0.296 e. The molecule has 1 fully saturated rings. The van der Waals surface area contributed by atoms with Crippen molar-refractivity contribution >= 4 is 6.29 Å². The lowest BCUT2D eigenvalue weighted by atomic mass is 10.0. The normalized spacial score (nSPS) is 21.6. The van der Waals surface area contributed by atoms with Gasteiger partial charge in [-0.25, -0.2) is 4.39 Å². The van der Waals surface area contributed by atoms with Gasteiger partial charge in [-0.05, 0) is 19.4 Å². The molecule has 1 atom stereocenters. The van der Waals surface area contributed by atoms with E-state index in [1.807, 2.05) is 0 Å². The van der Waals surface area contributed by atoms with Crippen LogP contribution >= 0.6 is 0 Å². The molecular weight excluding hydrogens is 223 g/mol. The van der Waals surface area contributed by atoms with E-state index in [4.69, 9.17) is 0 Å². The monoisotopic (exact) mass is 240 g/mol. The highest BCUT2D eigenvalue weighted by atomic mass is 19.1. The average molecular weight is 240 g/mol. The molecule has 5 nitrogen and oxygen atoms in total. The molecule has 2 rings (SSSR count). The van der Waals surface area contributed by atoms with Gasteiger partial charge in [0.2, 0.25) is 0 Å². The molecular formula is C11H17FN4O. The number of hydrogen-bond acceptors (Lipinski definition) is 4. The van der Waals surface area contributed by atoms with Gasteiger partial charge in [0.05, 0.1) is 12.7 Å². The summed E-state index contributed by atoms with van der Waals surface area (Å²) in [5.74, 6) is 0. The van der Waals surface area contributed by atoms with E-state index in [0.717, 1.165) is 19.4 Å². The number of likely N-dealkylation sites (tertiary alicyclic amines) is 1. The van der Waals surface area contributed by atoms with Gasteiger partial charge in [0.15, 0.2) is 6.29 Å². The molecule has 0 bridgehead atoms. The number of carbonyl (C=O) groups excluding carboxylic acids is 1. The van der Waals surface area contributed by atoms with Crippen molar-refractivity contribution in [2.24, 2.45) is 0 Å². The standard InChI is InChI=1S/C11H17FN4O/c12-4-6-15-5-2-1-3-11(15)8-16-7-10(9-17)13-14-16/h7,9,11H,1-6,8H2/t11-/m0/s1. The number of carbonyl (C=O) groups is 1. The second-order valence-electron chi connectivity index (χ2n) is 4.36. The Labute approximate surface area is 99.6 Å².